The lowest BCUT2D eigenvalue weighted by Crippen LogP contribution is -2.57. The Labute approximate surface area is 186 Å². The van der Waals surface area contributed by atoms with Crippen molar-refractivity contribution in [1.82, 2.24) is 16.0 Å². The minimum absolute atomic E-state index is 0.0130. The molecule has 0 fully saturated rings. The van der Waals surface area contributed by atoms with Crippen LogP contribution < -0.4 is 21.7 Å². The van der Waals surface area contributed by atoms with E-state index >= 15 is 0 Å². The highest BCUT2D eigenvalue weighted by Gasteiger charge is 2.29. The summed E-state index contributed by atoms with van der Waals surface area (Å²) in [4.78, 5) is 48.7. The maximum Gasteiger partial charge on any atom is 0.328 e. The fraction of sp³-hybridized carbons (Fsp3) is 0.524. The van der Waals surface area contributed by atoms with Crippen LogP contribution in [0.3, 0.4) is 0 Å². The summed E-state index contributed by atoms with van der Waals surface area (Å²) >= 11 is 0. The molecule has 0 aliphatic carbocycles. The van der Waals surface area contributed by atoms with E-state index in [1.54, 1.807) is 12.1 Å². The van der Waals surface area contributed by atoms with Gasteiger partial charge in [-0.3, -0.25) is 14.4 Å². The molecule has 1 rings (SSSR count). The first-order chi connectivity index (χ1) is 15.0. The molecular weight excluding hydrogens is 420 g/mol. The van der Waals surface area contributed by atoms with Gasteiger partial charge in [0.2, 0.25) is 17.7 Å². The summed E-state index contributed by atoms with van der Waals surface area (Å²) in [6, 6.07) is 1.32. The van der Waals surface area contributed by atoms with E-state index in [1.807, 2.05) is 13.8 Å². The van der Waals surface area contributed by atoms with Crippen molar-refractivity contribution < 1.29 is 34.5 Å². The third kappa shape index (κ3) is 8.16. The number of nitrogens with two attached hydrogens (primary N) is 1. The first-order valence-electron chi connectivity index (χ1n) is 10.3. The number of aliphatic hydroxyl groups excluding tert-OH is 1. The van der Waals surface area contributed by atoms with Gasteiger partial charge in [0, 0.05) is 6.42 Å². The number of aliphatic carboxylic acids is 1. The Balaban J connectivity index is 2.94. The minimum Gasteiger partial charge on any atom is -0.508 e. The Morgan fingerprint density at radius 3 is 2.00 bits per heavy atom. The van der Waals surface area contributed by atoms with Crippen molar-refractivity contribution in [3.63, 3.8) is 0 Å². The molecule has 32 heavy (non-hydrogen) atoms. The van der Waals surface area contributed by atoms with Crippen molar-refractivity contribution in [2.75, 3.05) is 6.61 Å². The van der Waals surface area contributed by atoms with Crippen LogP contribution in [0.1, 0.15) is 32.8 Å². The second-order valence-electron chi connectivity index (χ2n) is 7.66. The molecule has 1 aromatic rings. The summed E-state index contributed by atoms with van der Waals surface area (Å²) in [6.45, 7) is 4.30. The Kier molecular flexibility index (Phi) is 10.6. The number of aliphatic hydroxyl groups is 1. The summed E-state index contributed by atoms with van der Waals surface area (Å²) in [7, 11) is 0. The Bertz CT molecular complexity index is 800. The highest BCUT2D eigenvalue weighted by Crippen LogP contribution is 2.12. The molecule has 0 aromatic heterocycles. The van der Waals surface area contributed by atoms with Gasteiger partial charge in [-0.25, -0.2) is 4.79 Å². The quantitative estimate of drug-likeness (QED) is 0.207. The van der Waals surface area contributed by atoms with E-state index in [4.69, 9.17) is 15.9 Å². The van der Waals surface area contributed by atoms with E-state index in [9.17, 15) is 24.3 Å². The lowest BCUT2D eigenvalue weighted by molar-refractivity contribution is -0.143. The van der Waals surface area contributed by atoms with Crippen LogP contribution >= 0.6 is 0 Å². The number of rotatable bonds is 12. The van der Waals surface area contributed by atoms with E-state index in [0.29, 0.717) is 12.0 Å². The lowest BCUT2D eigenvalue weighted by Gasteiger charge is -2.24. The number of nitrogens with one attached hydrogen (secondary N) is 3. The maximum atomic E-state index is 12.6. The molecule has 0 bridgehead atoms. The van der Waals surface area contributed by atoms with Crippen molar-refractivity contribution in [1.29, 1.82) is 0 Å². The molecule has 0 saturated carbocycles. The molecule has 0 aliphatic heterocycles. The molecule has 0 spiro atoms. The first-order valence-corrected chi connectivity index (χ1v) is 10.3. The third-order valence-corrected chi connectivity index (χ3v) is 5.12. The molecule has 11 heteroatoms. The van der Waals surface area contributed by atoms with E-state index in [-0.39, 0.29) is 18.1 Å². The van der Waals surface area contributed by atoms with Crippen LogP contribution in [-0.2, 0) is 25.6 Å². The number of carbonyl (C=O) groups is 4. The van der Waals surface area contributed by atoms with Crippen LogP contribution in [-0.4, -0.2) is 69.8 Å². The molecule has 11 nitrogen and oxygen atoms in total. The molecule has 178 valence electrons. The molecule has 1 aromatic carbocycles. The number of carboxylic acids is 1. The van der Waals surface area contributed by atoms with Crippen LogP contribution in [0.5, 0.6) is 5.75 Å². The smallest absolute Gasteiger partial charge is 0.328 e. The summed E-state index contributed by atoms with van der Waals surface area (Å²) in [6.07, 6.45) is 0.655. The molecule has 5 atom stereocenters. The van der Waals surface area contributed by atoms with E-state index in [1.165, 1.54) is 19.1 Å². The molecule has 8 N–H and O–H groups in total. The monoisotopic (exact) mass is 452 g/mol. The van der Waals surface area contributed by atoms with Gasteiger partial charge in [0.1, 0.15) is 23.9 Å². The topological polar surface area (TPSA) is 191 Å². The van der Waals surface area contributed by atoms with Gasteiger partial charge in [0.15, 0.2) is 0 Å². The van der Waals surface area contributed by atoms with Crippen molar-refractivity contribution in [3.8, 4) is 5.75 Å². The number of hydrogen-bond acceptors (Lipinski definition) is 7. The number of benzene rings is 1. The third-order valence-electron chi connectivity index (χ3n) is 5.12. The normalized spacial score (nSPS) is 15.5. The van der Waals surface area contributed by atoms with Crippen LogP contribution in [0.2, 0.25) is 0 Å². The number of phenolic OH excluding ortho intramolecular Hbond substituents is 1. The zero-order valence-electron chi connectivity index (χ0n) is 18.4. The molecule has 5 unspecified atom stereocenters. The summed E-state index contributed by atoms with van der Waals surface area (Å²) in [5.74, 6) is -3.53. The second-order valence-corrected chi connectivity index (χ2v) is 7.66. The van der Waals surface area contributed by atoms with Crippen LogP contribution in [0.4, 0.5) is 0 Å². The summed E-state index contributed by atoms with van der Waals surface area (Å²) in [5.41, 5.74) is 6.45. The number of carbonyl (C=O) groups excluding carboxylic acids is 3. The lowest BCUT2D eigenvalue weighted by atomic mass is 9.99. The highest BCUT2D eigenvalue weighted by atomic mass is 16.4. The predicted octanol–water partition coefficient (Wildman–Crippen LogP) is -1.14. The zero-order chi connectivity index (χ0) is 24.4. The second kappa shape index (κ2) is 12.6. The summed E-state index contributed by atoms with van der Waals surface area (Å²) in [5, 5.41) is 34.8. The molecule has 0 aliphatic rings. The predicted molar refractivity (Wildman–Crippen MR) is 115 cm³/mol. The van der Waals surface area contributed by atoms with Crippen molar-refractivity contribution >= 4 is 23.7 Å². The largest absolute Gasteiger partial charge is 0.508 e. The van der Waals surface area contributed by atoms with Gasteiger partial charge >= 0.3 is 5.97 Å². The average molecular weight is 453 g/mol. The maximum absolute atomic E-state index is 12.6. The van der Waals surface area contributed by atoms with Crippen LogP contribution in [0.25, 0.3) is 0 Å². The molecule has 0 heterocycles. The van der Waals surface area contributed by atoms with E-state index < -0.39 is 54.5 Å². The Morgan fingerprint density at radius 2 is 1.50 bits per heavy atom. The number of phenols is 1. The Morgan fingerprint density at radius 1 is 0.938 bits per heavy atom. The van der Waals surface area contributed by atoms with Gasteiger partial charge in [0.25, 0.3) is 0 Å². The van der Waals surface area contributed by atoms with Crippen LogP contribution in [0, 0.1) is 5.92 Å². The number of aromatic hydroxyl groups is 1. The van der Waals surface area contributed by atoms with E-state index in [0.717, 1.165) is 0 Å². The highest BCUT2D eigenvalue weighted by molar-refractivity contribution is 5.94. The number of amides is 3. The number of carboxylic acid groups (broad SMARTS) is 1. The van der Waals surface area contributed by atoms with Gasteiger partial charge in [0.05, 0.1) is 12.6 Å². The number of hydrogen-bond donors (Lipinski definition) is 7. The first kappa shape index (κ1) is 26.9. The van der Waals surface area contributed by atoms with Crippen LogP contribution in [0.15, 0.2) is 24.3 Å². The van der Waals surface area contributed by atoms with E-state index in [2.05, 4.69) is 16.0 Å². The van der Waals surface area contributed by atoms with Gasteiger partial charge in [-0.15, -0.1) is 0 Å². The SMILES string of the molecule is CCC(C)C(N)C(=O)NC(C)C(=O)NC(Cc1ccc(O)cc1)C(=O)NC(CO)C(=O)O. The van der Waals surface area contributed by atoms with Crippen molar-refractivity contribution in [3.05, 3.63) is 29.8 Å². The standard InChI is InChI=1S/C21H32N4O7/c1-4-11(2)17(22)20(30)23-12(3)18(28)24-15(9-13-5-7-14(27)8-6-13)19(29)25-16(10-26)21(31)32/h5-8,11-12,15-17,26-27H,4,9-10,22H2,1-3H3,(H,23,30)(H,24,28)(H,25,29)(H,31,32). The molecule has 0 radical (unpaired) electrons. The molecule has 3 amide bonds. The zero-order valence-corrected chi connectivity index (χ0v) is 18.4. The van der Waals surface area contributed by atoms with Crippen molar-refractivity contribution in [2.24, 2.45) is 11.7 Å². The fourth-order valence-electron chi connectivity index (χ4n) is 2.72. The van der Waals surface area contributed by atoms with Gasteiger partial charge in [-0.1, -0.05) is 32.4 Å². The van der Waals surface area contributed by atoms with Gasteiger partial charge in [-0.05, 0) is 30.5 Å². The summed E-state index contributed by atoms with van der Waals surface area (Å²) < 4.78 is 0. The van der Waals surface area contributed by atoms with Gasteiger partial charge in [-0.2, -0.15) is 0 Å². The minimum atomic E-state index is -1.55. The fourth-order valence-corrected chi connectivity index (χ4v) is 2.72. The average Bonchev–Trinajstić information content (AvgIpc) is 2.76. The van der Waals surface area contributed by atoms with Crippen molar-refractivity contribution in [2.45, 2.75) is 57.8 Å². The molecule has 0 saturated heterocycles. The Hall–Kier alpha value is -3.18. The molecular formula is C21H32N4O7. The van der Waals surface area contributed by atoms with Gasteiger partial charge < -0.3 is 37.0 Å².